The fourth-order valence-electron chi connectivity index (χ4n) is 2.69. The maximum atomic E-state index is 9.82. The van der Waals surface area contributed by atoms with Crippen LogP contribution < -0.4 is 5.32 Å². The topological polar surface area (TPSA) is 32.3 Å². The van der Waals surface area contributed by atoms with Crippen LogP contribution in [0.5, 0.6) is 5.75 Å². The third kappa shape index (κ3) is 2.22. The Bertz CT molecular complexity index is 362. The largest absolute Gasteiger partial charge is 0.508 e. The summed E-state index contributed by atoms with van der Waals surface area (Å²) in [5, 5.41) is 13.3. The van der Waals surface area contributed by atoms with Gasteiger partial charge < -0.3 is 10.4 Å². The number of phenolic OH excluding ortho intramolecular Hbond substituents is 1. The SMILES string of the molecule is CCc1c(O)cccc1C[C@@H]1CCN[C@@H]1C. The molecule has 0 amide bonds. The molecule has 2 N–H and O–H groups in total. The van der Waals surface area contributed by atoms with Crippen molar-refractivity contribution in [2.75, 3.05) is 6.54 Å². The van der Waals surface area contributed by atoms with Crippen LogP contribution in [-0.4, -0.2) is 17.7 Å². The highest BCUT2D eigenvalue weighted by atomic mass is 16.3. The van der Waals surface area contributed by atoms with Crippen LogP contribution in [0, 0.1) is 5.92 Å². The van der Waals surface area contributed by atoms with E-state index in [9.17, 15) is 5.11 Å². The Morgan fingerprint density at radius 1 is 1.44 bits per heavy atom. The molecule has 0 saturated carbocycles. The number of phenols is 1. The van der Waals surface area contributed by atoms with Gasteiger partial charge in [-0.3, -0.25) is 0 Å². The van der Waals surface area contributed by atoms with Crippen molar-refractivity contribution in [2.24, 2.45) is 5.92 Å². The van der Waals surface area contributed by atoms with E-state index in [-0.39, 0.29) is 0 Å². The number of benzene rings is 1. The zero-order valence-electron chi connectivity index (χ0n) is 10.2. The second kappa shape index (κ2) is 4.88. The minimum atomic E-state index is 0.457. The molecule has 2 rings (SSSR count). The molecule has 0 aromatic heterocycles. The summed E-state index contributed by atoms with van der Waals surface area (Å²) in [5.74, 6) is 1.17. The lowest BCUT2D eigenvalue weighted by Crippen LogP contribution is -2.24. The fourth-order valence-corrected chi connectivity index (χ4v) is 2.69. The highest BCUT2D eigenvalue weighted by Crippen LogP contribution is 2.27. The zero-order valence-corrected chi connectivity index (χ0v) is 10.2. The summed E-state index contributed by atoms with van der Waals surface area (Å²) in [5.41, 5.74) is 2.45. The normalized spacial score (nSPS) is 24.9. The molecular weight excluding hydrogens is 198 g/mol. The van der Waals surface area contributed by atoms with Crippen molar-refractivity contribution in [1.29, 1.82) is 0 Å². The van der Waals surface area contributed by atoms with Gasteiger partial charge in [-0.05, 0) is 55.8 Å². The Morgan fingerprint density at radius 3 is 2.88 bits per heavy atom. The molecule has 1 aromatic rings. The molecule has 1 saturated heterocycles. The summed E-state index contributed by atoms with van der Waals surface area (Å²) >= 11 is 0. The van der Waals surface area contributed by atoms with Crippen molar-refractivity contribution in [2.45, 2.75) is 39.2 Å². The van der Waals surface area contributed by atoms with Gasteiger partial charge in [-0.15, -0.1) is 0 Å². The van der Waals surface area contributed by atoms with Gasteiger partial charge >= 0.3 is 0 Å². The van der Waals surface area contributed by atoms with Crippen LogP contribution >= 0.6 is 0 Å². The van der Waals surface area contributed by atoms with E-state index in [4.69, 9.17) is 0 Å². The Labute approximate surface area is 97.7 Å². The second-order valence-corrected chi connectivity index (χ2v) is 4.76. The lowest BCUT2D eigenvalue weighted by Gasteiger charge is -2.17. The molecule has 0 radical (unpaired) electrons. The molecule has 1 aliphatic rings. The van der Waals surface area contributed by atoms with Gasteiger partial charge in [0.15, 0.2) is 0 Å². The third-order valence-corrected chi connectivity index (χ3v) is 3.77. The van der Waals surface area contributed by atoms with Gasteiger partial charge in [0.1, 0.15) is 5.75 Å². The van der Waals surface area contributed by atoms with Crippen LogP contribution in [0.3, 0.4) is 0 Å². The van der Waals surface area contributed by atoms with E-state index in [1.807, 2.05) is 6.07 Å². The Hall–Kier alpha value is -1.02. The van der Waals surface area contributed by atoms with Gasteiger partial charge in [0.05, 0.1) is 0 Å². The monoisotopic (exact) mass is 219 g/mol. The minimum absolute atomic E-state index is 0.457. The molecule has 2 heteroatoms. The van der Waals surface area contributed by atoms with E-state index < -0.39 is 0 Å². The fraction of sp³-hybridized carbons (Fsp3) is 0.571. The first-order valence-electron chi connectivity index (χ1n) is 6.25. The quantitative estimate of drug-likeness (QED) is 0.818. The summed E-state index contributed by atoms with van der Waals surface area (Å²) in [6.07, 6.45) is 3.25. The maximum absolute atomic E-state index is 9.82. The Morgan fingerprint density at radius 2 is 2.25 bits per heavy atom. The molecule has 0 aliphatic carbocycles. The average molecular weight is 219 g/mol. The highest BCUT2D eigenvalue weighted by molar-refractivity contribution is 5.39. The molecule has 16 heavy (non-hydrogen) atoms. The van der Waals surface area contributed by atoms with E-state index in [1.54, 1.807) is 6.07 Å². The molecular formula is C14H21NO. The summed E-state index contributed by atoms with van der Waals surface area (Å²) in [7, 11) is 0. The lowest BCUT2D eigenvalue weighted by molar-refractivity contribution is 0.456. The van der Waals surface area contributed by atoms with Crippen molar-refractivity contribution in [3.8, 4) is 5.75 Å². The van der Waals surface area contributed by atoms with Crippen LogP contribution in [0.15, 0.2) is 18.2 Å². The van der Waals surface area contributed by atoms with E-state index in [0.717, 1.165) is 24.9 Å². The van der Waals surface area contributed by atoms with Crippen LogP contribution in [0.2, 0.25) is 0 Å². The standard InChI is InChI=1S/C14H21NO/c1-3-13-12(5-4-6-14(13)16)9-11-7-8-15-10(11)2/h4-6,10-11,15-16H,3,7-9H2,1-2H3/t10-,11+/m1/s1. The van der Waals surface area contributed by atoms with Crippen LogP contribution in [0.1, 0.15) is 31.4 Å². The van der Waals surface area contributed by atoms with Crippen molar-refractivity contribution in [3.63, 3.8) is 0 Å². The van der Waals surface area contributed by atoms with Gasteiger partial charge in [0.25, 0.3) is 0 Å². The van der Waals surface area contributed by atoms with E-state index in [2.05, 4.69) is 25.2 Å². The zero-order chi connectivity index (χ0) is 11.5. The molecule has 1 aliphatic heterocycles. The van der Waals surface area contributed by atoms with E-state index in [1.165, 1.54) is 12.0 Å². The van der Waals surface area contributed by atoms with Gasteiger partial charge in [-0.2, -0.15) is 0 Å². The number of rotatable bonds is 3. The average Bonchev–Trinajstić information content (AvgIpc) is 2.65. The molecule has 2 atom stereocenters. The van der Waals surface area contributed by atoms with E-state index >= 15 is 0 Å². The molecule has 1 fully saturated rings. The van der Waals surface area contributed by atoms with Gasteiger partial charge in [-0.1, -0.05) is 19.1 Å². The second-order valence-electron chi connectivity index (χ2n) is 4.76. The van der Waals surface area contributed by atoms with Crippen molar-refractivity contribution in [1.82, 2.24) is 5.32 Å². The number of hydrogen-bond acceptors (Lipinski definition) is 2. The number of nitrogens with one attached hydrogen (secondary N) is 1. The third-order valence-electron chi connectivity index (χ3n) is 3.77. The van der Waals surface area contributed by atoms with Crippen molar-refractivity contribution >= 4 is 0 Å². The summed E-state index contributed by atoms with van der Waals surface area (Å²) < 4.78 is 0. The minimum Gasteiger partial charge on any atom is -0.508 e. The van der Waals surface area contributed by atoms with Crippen LogP contribution in [-0.2, 0) is 12.8 Å². The van der Waals surface area contributed by atoms with Crippen molar-refractivity contribution < 1.29 is 5.11 Å². The first kappa shape index (κ1) is 11.5. The van der Waals surface area contributed by atoms with E-state index in [0.29, 0.717) is 17.7 Å². The molecule has 2 nitrogen and oxygen atoms in total. The number of aromatic hydroxyl groups is 1. The van der Waals surface area contributed by atoms with Gasteiger partial charge in [0, 0.05) is 6.04 Å². The summed E-state index contributed by atoms with van der Waals surface area (Å²) in [6, 6.07) is 6.51. The van der Waals surface area contributed by atoms with Gasteiger partial charge in [-0.25, -0.2) is 0 Å². The number of hydrogen-bond donors (Lipinski definition) is 2. The molecule has 88 valence electrons. The lowest BCUT2D eigenvalue weighted by atomic mass is 9.90. The smallest absolute Gasteiger partial charge is 0.119 e. The highest BCUT2D eigenvalue weighted by Gasteiger charge is 2.23. The van der Waals surface area contributed by atoms with Crippen LogP contribution in [0.4, 0.5) is 0 Å². The molecule has 0 spiro atoms. The van der Waals surface area contributed by atoms with Crippen molar-refractivity contribution in [3.05, 3.63) is 29.3 Å². The van der Waals surface area contributed by atoms with Crippen LogP contribution in [0.25, 0.3) is 0 Å². The molecule has 0 unspecified atom stereocenters. The maximum Gasteiger partial charge on any atom is 0.119 e. The Balaban J connectivity index is 2.17. The molecule has 0 bridgehead atoms. The van der Waals surface area contributed by atoms with Gasteiger partial charge in [0.2, 0.25) is 0 Å². The summed E-state index contributed by atoms with van der Waals surface area (Å²) in [4.78, 5) is 0. The molecule has 1 heterocycles. The Kier molecular flexibility index (Phi) is 3.49. The predicted octanol–water partition coefficient (Wildman–Crippen LogP) is 2.50. The predicted molar refractivity (Wildman–Crippen MR) is 66.8 cm³/mol. The summed E-state index contributed by atoms with van der Waals surface area (Å²) in [6.45, 7) is 5.49. The first-order chi connectivity index (χ1) is 7.72. The molecule has 1 aromatic carbocycles. The first-order valence-corrected chi connectivity index (χ1v) is 6.25.